The Morgan fingerprint density at radius 2 is 1.95 bits per heavy atom. The van der Waals surface area contributed by atoms with Crippen molar-refractivity contribution in [3.8, 4) is 5.88 Å². The van der Waals surface area contributed by atoms with Gasteiger partial charge in [0.2, 0.25) is 11.8 Å². The molecular formula is C29H37ClF3N3O3. The van der Waals surface area contributed by atoms with E-state index in [1.54, 1.807) is 0 Å². The number of hydrogen-bond acceptors (Lipinski definition) is 5. The number of nitrogens with one attached hydrogen (secondary N) is 2. The first kappa shape index (κ1) is 29.6. The predicted octanol–water partition coefficient (Wildman–Crippen LogP) is 5.79. The molecule has 2 heterocycles. The average Bonchev–Trinajstić information content (AvgIpc) is 2.80. The summed E-state index contributed by atoms with van der Waals surface area (Å²) in [6, 6.07) is 4.81. The van der Waals surface area contributed by atoms with Crippen LogP contribution < -0.4 is 15.4 Å². The highest BCUT2D eigenvalue weighted by Gasteiger charge is 2.46. The van der Waals surface area contributed by atoms with Crippen LogP contribution in [-0.4, -0.2) is 40.3 Å². The zero-order chi connectivity index (χ0) is 28.6. The molecule has 0 saturated heterocycles. The third-order valence-electron chi connectivity index (χ3n) is 7.42. The summed E-state index contributed by atoms with van der Waals surface area (Å²) in [5.74, 6) is 0.217. The van der Waals surface area contributed by atoms with E-state index in [4.69, 9.17) is 16.3 Å². The number of rotatable bonds is 8. The van der Waals surface area contributed by atoms with Crippen molar-refractivity contribution in [3.05, 3.63) is 57.7 Å². The Bertz CT molecular complexity index is 1190. The van der Waals surface area contributed by atoms with Gasteiger partial charge in [0.1, 0.15) is 5.60 Å². The van der Waals surface area contributed by atoms with Crippen LogP contribution in [0.15, 0.2) is 30.5 Å². The van der Waals surface area contributed by atoms with Gasteiger partial charge in [0.25, 0.3) is 0 Å². The molecule has 1 aromatic carbocycles. The lowest BCUT2D eigenvalue weighted by atomic mass is 9.73. The number of pyridine rings is 1. The predicted molar refractivity (Wildman–Crippen MR) is 144 cm³/mol. The van der Waals surface area contributed by atoms with Crippen LogP contribution in [0.4, 0.5) is 13.2 Å². The van der Waals surface area contributed by atoms with E-state index in [2.05, 4.69) is 42.5 Å². The number of halogens is 4. The minimum absolute atomic E-state index is 0.00820. The van der Waals surface area contributed by atoms with Gasteiger partial charge in [-0.05, 0) is 66.8 Å². The summed E-state index contributed by atoms with van der Waals surface area (Å²) >= 11 is 5.76. The normalized spacial score (nSPS) is 20.0. The lowest BCUT2D eigenvalue weighted by Crippen LogP contribution is -2.52. The number of carbonyl (C=O) groups is 1. The summed E-state index contributed by atoms with van der Waals surface area (Å²) in [4.78, 5) is 16.6. The zero-order valence-electron chi connectivity index (χ0n) is 22.8. The van der Waals surface area contributed by atoms with Crippen LogP contribution in [0, 0.1) is 5.41 Å². The molecule has 1 spiro atoms. The van der Waals surface area contributed by atoms with Crippen molar-refractivity contribution < 1.29 is 27.8 Å². The minimum atomic E-state index is -4.61. The topological polar surface area (TPSA) is 83.5 Å². The van der Waals surface area contributed by atoms with Crippen LogP contribution in [-0.2, 0) is 23.8 Å². The Hall–Kier alpha value is -2.36. The van der Waals surface area contributed by atoms with E-state index >= 15 is 0 Å². The third-order valence-corrected chi connectivity index (χ3v) is 7.75. The molecule has 3 N–H and O–H groups in total. The first-order valence-corrected chi connectivity index (χ1v) is 13.7. The molecular weight excluding hydrogens is 531 g/mol. The molecule has 0 radical (unpaired) electrons. The number of aliphatic hydroxyl groups is 1. The molecule has 1 saturated carbocycles. The Balaban J connectivity index is 1.52. The molecule has 0 bridgehead atoms. The van der Waals surface area contributed by atoms with Crippen LogP contribution in [0.1, 0.15) is 81.7 Å². The molecule has 1 aliphatic heterocycles. The van der Waals surface area contributed by atoms with Crippen molar-refractivity contribution in [2.75, 3.05) is 6.54 Å². The number of aliphatic hydroxyl groups excluding tert-OH is 1. The lowest BCUT2D eigenvalue weighted by Gasteiger charge is -2.47. The molecule has 1 aromatic heterocycles. The number of fused-ring (bicyclic) bond motifs is 1. The molecule has 6 nitrogen and oxygen atoms in total. The fourth-order valence-electron chi connectivity index (χ4n) is 5.47. The summed E-state index contributed by atoms with van der Waals surface area (Å²) in [7, 11) is 0. The van der Waals surface area contributed by atoms with Crippen LogP contribution >= 0.6 is 11.6 Å². The quantitative estimate of drug-likeness (QED) is 0.376. The average molecular weight is 568 g/mol. The second-order valence-electron chi connectivity index (χ2n) is 12.2. The van der Waals surface area contributed by atoms with Gasteiger partial charge in [0.05, 0.1) is 22.7 Å². The highest BCUT2D eigenvalue weighted by atomic mass is 35.5. The largest absolute Gasteiger partial charge is 0.471 e. The van der Waals surface area contributed by atoms with E-state index in [-0.39, 0.29) is 35.9 Å². The number of carbonyl (C=O) groups excluding carboxylic acids is 1. The Labute approximate surface area is 232 Å². The number of hydrogen-bond donors (Lipinski definition) is 3. The number of nitrogens with zero attached hydrogens (tertiary/aromatic N) is 1. The van der Waals surface area contributed by atoms with Crippen LogP contribution in [0.3, 0.4) is 0 Å². The number of amides is 1. The van der Waals surface area contributed by atoms with Crippen LogP contribution in [0.2, 0.25) is 5.02 Å². The molecule has 10 heteroatoms. The van der Waals surface area contributed by atoms with Gasteiger partial charge in [0.15, 0.2) is 0 Å². The van der Waals surface area contributed by atoms with Gasteiger partial charge in [-0.3, -0.25) is 4.79 Å². The van der Waals surface area contributed by atoms with E-state index in [0.29, 0.717) is 11.4 Å². The minimum Gasteiger partial charge on any atom is -0.471 e. The van der Waals surface area contributed by atoms with E-state index in [9.17, 15) is 23.1 Å². The maximum Gasteiger partial charge on any atom is 0.417 e. The molecule has 0 unspecified atom stereocenters. The van der Waals surface area contributed by atoms with Gasteiger partial charge < -0.3 is 20.5 Å². The highest BCUT2D eigenvalue weighted by molar-refractivity contribution is 6.31. The molecule has 4 rings (SSSR count). The Kier molecular flexibility index (Phi) is 8.55. The van der Waals surface area contributed by atoms with E-state index in [0.717, 1.165) is 49.3 Å². The van der Waals surface area contributed by atoms with Gasteiger partial charge in [-0.2, -0.15) is 13.2 Å². The molecule has 3 atom stereocenters. The van der Waals surface area contributed by atoms with Crippen LogP contribution in [0.5, 0.6) is 5.88 Å². The smallest absolute Gasteiger partial charge is 0.417 e. The Morgan fingerprint density at radius 3 is 2.54 bits per heavy atom. The van der Waals surface area contributed by atoms with Crippen molar-refractivity contribution in [3.63, 3.8) is 0 Å². The van der Waals surface area contributed by atoms with Crippen LogP contribution in [0.25, 0.3) is 0 Å². The summed E-state index contributed by atoms with van der Waals surface area (Å²) in [5.41, 5.74) is 1.21. The van der Waals surface area contributed by atoms with Crippen molar-refractivity contribution in [1.29, 1.82) is 0 Å². The maximum atomic E-state index is 13.4. The van der Waals surface area contributed by atoms with Crippen molar-refractivity contribution in [2.24, 2.45) is 5.41 Å². The fraction of sp³-hybridized carbons (Fsp3) is 0.586. The van der Waals surface area contributed by atoms with E-state index in [1.165, 1.54) is 19.1 Å². The van der Waals surface area contributed by atoms with E-state index in [1.807, 2.05) is 6.20 Å². The monoisotopic (exact) mass is 567 g/mol. The molecule has 1 amide bonds. The Morgan fingerprint density at radius 1 is 1.23 bits per heavy atom. The third kappa shape index (κ3) is 7.44. The second kappa shape index (κ2) is 11.3. The standard InChI is InChI=1S/C29H37ClF3N3O3/c1-17(37)36-23(12-18-6-7-22(30)21(11-18)29(31,32)33)25(38)16-34-24-14-28(8-5-9-28)39-26-20(24)10-19(15-35-26)13-27(2,3)4/h6-7,10-11,15,23-25,34,38H,5,8-9,12-14,16H2,1-4H3,(H,36,37)/t23-,24-,25+/m0/s1. The first-order chi connectivity index (χ1) is 18.1. The number of aromatic nitrogens is 1. The molecule has 2 aromatic rings. The molecule has 2 aliphatic rings. The van der Waals surface area contributed by atoms with Gasteiger partial charge in [-0.1, -0.05) is 38.4 Å². The summed E-state index contributed by atoms with van der Waals surface area (Å²) < 4.78 is 46.4. The summed E-state index contributed by atoms with van der Waals surface area (Å²) in [5, 5.41) is 16.9. The molecule has 214 valence electrons. The van der Waals surface area contributed by atoms with Gasteiger partial charge >= 0.3 is 6.18 Å². The van der Waals surface area contributed by atoms with E-state index < -0.39 is 28.9 Å². The van der Waals surface area contributed by atoms with Crippen molar-refractivity contribution in [2.45, 2.75) is 96.2 Å². The van der Waals surface area contributed by atoms with Crippen molar-refractivity contribution >= 4 is 17.5 Å². The fourth-order valence-corrected chi connectivity index (χ4v) is 5.69. The number of alkyl halides is 3. The first-order valence-electron chi connectivity index (χ1n) is 13.4. The van der Waals surface area contributed by atoms with Crippen molar-refractivity contribution in [1.82, 2.24) is 15.6 Å². The molecule has 39 heavy (non-hydrogen) atoms. The second-order valence-corrected chi connectivity index (χ2v) is 12.6. The molecule has 1 aliphatic carbocycles. The number of ether oxygens (including phenoxy) is 1. The maximum absolute atomic E-state index is 13.4. The lowest BCUT2D eigenvalue weighted by molar-refractivity contribution is -0.137. The highest BCUT2D eigenvalue weighted by Crippen LogP contribution is 2.48. The summed E-state index contributed by atoms with van der Waals surface area (Å²) in [6.07, 6.45) is 0.729. The SMILES string of the molecule is CC(=O)N[C@@H](Cc1ccc(Cl)c(C(F)(F)F)c1)[C@H](O)CN[C@H]1CC2(CCC2)Oc2ncc(CC(C)(C)C)cc21. The summed E-state index contributed by atoms with van der Waals surface area (Å²) in [6.45, 7) is 7.93. The van der Waals surface area contributed by atoms with Gasteiger partial charge in [-0.15, -0.1) is 0 Å². The zero-order valence-corrected chi connectivity index (χ0v) is 23.5. The number of benzene rings is 1. The molecule has 1 fully saturated rings. The van der Waals surface area contributed by atoms with Gasteiger partial charge in [-0.25, -0.2) is 4.98 Å². The van der Waals surface area contributed by atoms with Gasteiger partial charge in [0, 0.05) is 37.7 Å².